The Labute approximate surface area is 136 Å². The third kappa shape index (κ3) is 4.64. The molecule has 2 amide bonds. The van der Waals surface area contributed by atoms with Crippen molar-refractivity contribution in [2.75, 3.05) is 5.32 Å². The summed E-state index contributed by atoms with van der Waals surface area (Å²) in [7, 11) is 0. The summed E-state index contributed by atoms with van der Waals surface area (Å²) < 4.78 is 0. The van der Waals surface area contributed by atoms with Gasteiger partial charge in [0.25, 0.3) is 11.8 Å². The fourth-order valence-corrected chi connectivity index (χ4v) is 2.21. The molecule has 0 aliphatic rings. The normalized spacial score (nSPS) is 10.5. The van der Waals surface area contributed by atoms with Crippen molar-refractivity contribution in [1.82, 2.24) is 10.3 Å². The molecule has 1 heterocycles. The summed E-state index contributed by atoms with van der Waals surface area (Å²) >= 11 is 0. The van der Waals surface area contributed by atoms with Gasteiger partial charge >= 0.3 is 0 Å². The number of anilines is 1. The third-order valence-corrected chi connectivity index (χ3v) is 3.17. The van der Waals surface area contributed by atoms with Gasteiger partial charge in [0.1, 0.15) is 5.82 Å². The smallest absolute Gasteiger partial charge is 0.256 e. The number of nitrogens with one attached hydrogen (secondary N) is 2. The van der Waals surface area contributed by atoms with E-state index < -0.39 is 0 Å². The number of nitrogens with zero attached hydrogens (tertiary/aromatic N) is 1. The van der Waals surface area contributed by atoms with E-state index in [0.717, 1.165) is 11.3 Å². The zero-order valence-corrected chi connectivity index (χ0v) is 13.8. The number of carbonyl (C=O) groups excluding carboxylic acids is 2. The van der Waals surface area contributed by atoms with Crippen LogP contribution in [0, 0.1) is 13.8 Å². The molecular formula is C18H21N3O2. The lowest BCUT2D eigenvalue weighted by molar-refractivity contribution is 0.0941. The number of benzene rings is 1. The molecule has 0 atom stereocenters. The number of carbonyl (C=O) groups is 2. The van der Waals surface area contributed by atoms with Crippen LogP contribution in [-0.2, 0) is 0 Å². The summed E-state index contributed by atoms with van der Waals surface area (Å²) in [5.74, 6) is 0.121. The van der Waals surface area contributed by atoms with E-state index in [4.69, 9.17) is 0 Å². The highest BCUT2D eigenvalue weighted by atomic mass is 16.2. The number of amides is 2. The maximum absolute atomic E-state index is 12.2. The summed E-state index contributed by atoms with van der Waals surface area (Å²) in [6, 6.07) is 10.4. The van der Waals surface area contributed by atoms with Gasteiger partial charge in [-0.3, -0.25) is 9.59 Å². The summed E-state index contributed by atoms with van der Waals surface area (Å²) in [4.78, 5) is 28.4. The lowest BCUT2D eigenvalue weighted by Gasteiger charge is -2.09. The molecule has 5 heteroatoms. The molecule has 2 N–H and O–H groups in total. The molecule has 2 rings (SSSR count). The first-order chi connectivity index (χ1) is 10.8. The molecule has 2 aromatic rings. The van der Waals surface area contributed by atoms with Gasteiger partial charge in [-0.05, 0) is 69.7 Å². The third-order valence-electron chi connectivity index (χ3n) is 3.17. The van der Waals surface area contributed by atoms with Gasteiger partial charge in [0.15, 0.2) is 0 Å². The highest BCUT2D eigenvalue weighted by Crippen LogP contribution is 2.12. The second kappa shape index (κ2) is 7.05. The van der Waals surface area contributed by atoms with Gasteiger partial charge in [0.2, 0.25) is 0 Å². The van der Waals surface area contributed by atoms with Gasteiger partial charge in [-0.15, -0.1) is 0 Å². The predicted molar refractivity (Wildman–Crippen MR) is 90.7 cm³/mol. The molecule has 0 saturated carbocycles. The average molecular weight is 311 g/mol. The molecule has 120 valence electrons. The average Bonchev–Trinajstić information content (AvgIpc) is 2.45. The van der Waals surface area contributed by atoms with Crippen LogP contribution in [0.2, 0.25) is 0 Å². The van der Waals surface area contributed by atoms with Crippen LogP contribution in [0.3, 0.4) is 0 Å². The van der Waals surface area contributed by atoms with E-state index in [0.29, 0.717) is 16.9 Å². The second-order valence-corrected chi connectivity index (χ2v) is 5.83. The van der Waals surface area contributed by atoms with E-state index in [1.807, 2.05) is 39.8 Å². The first kappa shape index (κ1) is 16.7. The van der Waals surface area contributed by atoms with Crippen LogP contribution in [0.25, 0.3) is 0 Å². The van der Waals surface area contributed by atoms with E-state index in [9.17, 15) is 9.59 Å². The maximum Gasteiger partial charge on any atom is 0.256 e. The lowest BCUT2D eigenvalue weighted by atomic mass is 10.1. The van der Waals surface area contributed by atoms with Crippen molar-refractivity contribution in [3.8, 4) is 0 Å². The van der Waals surface area contributed by atoms with Crippen LogP contribution in [0.4, 0.5) is 5.82 Å². The van der Waals surface area contributed by atoms with Crippen molar-refractivity contribution in [1.29, 1.82) is 0 Å². The van der Waals surface area contributed by atoms with E-state index in [2.05, 4.69) is 15.6 Å². The highest BCUT2D eigenvalue weighted by molar-refractivity contribution is 6.04. The first-order valence-electron chi connectivity index (χ1n) is 7.52. The van der Waals surface area contributed by atoms with Gasteiger partial charge in [-0.1, -0.05) is 0 Å². The Hall–Kier alpha value is -2.69. The number of rotatable bonds is 4. The van der Waals surface area contributed by atoms with E-state index in [1.165, 1.54) is 0 Å². The molecule has 23 heavy (non-hydrogen) atoms. The highest BCUT2D eigenvalue weighted by Gasteiger charge is 2.10. The van der Waals surface area contributed by atoms with Crippen molar-refractivity contribution in [2.45, 2.75) is 33.7 Å². The molecule has 0 unspecified atom stereocenters. The van der Waals surface area contributed by atoms with Gasteiger partial charge in [0, 0.05) is 22.9 Å². The largest absolute Gasteiger partial charge is 0.350 e. The van der Waals surface area contributed by atoms with Crippen LogP contribution < -0.4 is 10.6 Å². The molecule has 0 radical (unpaired) electrons. The lowest BCUT2D eigenvalue weighted by Crippen LogP contribution is -2.30. The monoisotopic (exact) mass is 311 g/mol. The van der Waals surface area contributed by atoms with E-state index >= 15 is 0 Å². The molecule has 0 spiro atoms. The topological polar surface area (TPSA) is 71.1 Å². The SMILES string of the molecule is Cc1cc(C)nc(NC(=O)c2ccc(C(=O)NC(C)C)cc2)c1. The summed E-state index contributed by atoms with van der Waals surface area (Å²) in [6.45, 7) is 7.63. The number of hydrogen-bond acceptors (Lipinski definition) is 3. The Morgan fingerprint density at radius 3 is 2.04 bits per heavy atom. The first-order valence-corrected chi connectivity index (χ1v) is 7.52. The Balaban J connectivity index is 2.09. The molecule has 0 saturated heterocycles. The molecule has 1 aromatic carbocycles. The quantitative estimate of drug-likeness (QED) is 0.911. The van der Waals surface area contributed by atoms with Crippen LogP contribution >= 0.6 is 0 Å². The van der Waals surface area contributed by atoms with E-state index in [1.54, 1.807) is 24.3 Å². The molecule has 5 nitrogen and oxygen atoms in total. The molecule has 1 aromatic heterocycles. The van der Waals surface area contributed by atoms with Crippen LogP contribution in [0.15, 0.2) is 36.4 Å². The van der Waals surface area contributed by atoms with Crippen molar-refractivity contribution < 1.29 is 9.59 Å². The molecular weight excluding hydrogens is 290 g/mol. The van der Waals surface area contributed by atoms with Crippen LogP contribution in [-0.4, -0.2) is 22.8 Å². The van der Waals surface area contributed by atoms with Gasteiger partial charge in [0.05, 0.1) is 0 Å². The number of pyridine rings is 1. The summed E-state index contributed by atoms with van der Waals surface area (Å²) in [6.07, 6.45) is 0. The van der Waals surface area contributed by atoms with Gasteiger partial charge in [-0.25, -0.2) is 4.98 Å². The molecule has 0 bridgehead atoms. The fraction of sp³-hybridized carbons (Fsp3) is 0.278. The summed E-state index contributed by atoms with van der Waals surface area (Å²) in [5.41, 5.74) is 2.89. The van der Waals surface area contributed by atoms with Gasteiger partial charge < -0.3 is 10.6 Å². The van der Waals surface area contributed by atoms with Crippen LogP contribution in [0.5, 0.6) is 0 Å². The van der Waals surface area contributed by atoms with Crippen molar-refractivity contribution >= 4 is 17.6 Å². The summed E-state index contributed by atoms with van der Waals surface area (Å²) in [5, 5.41) is 5.58. The minimum absolute atomic E-state index is 0.0705. The van der Waals surface area contributed by atoms with Gasteiger partial charge in [-0.2, -0.15) is 0 Å². The Morgan fingerprint density at radius 1 is 0.957 bits per heavy atom. The van der Waals surface area contributed by atoms with Crippen LogP contribution in [0.1, 0.15) is 45.8 Å². The molecule has 0 fully saturated rings. The Kier molecular flexibility index (Phi) is 5.11. The zero-order valence-electron chi connectivity index (χ0n) is 13.8. The Morgan fingerprint density at radius 2 is 1.52 bits per heavy atom. The maximum atomic E-state index is 12.2. The predicted octanol–water partition coefficient (Wildman–Crippen LogP) is 3.09. The standard InChI is InChI=1S/C18H21N3O2/c1-11(2)19-17(22)14-5-7-15(8-6-14)18(23)21-16-10-12(3)9-13(4)20-16/h5-11H,1-4H3,(H,19,22)(H,20,21,23). The fourth-order valence-electron chi connectivity index (χ4n) is 2.21. The molecule has 0 aliphatic carbocycles. The Bertz CT molecular complexity index is 701. The van der Waals surface area contributed by atoms with Crippen molar-refractivity contribution in [3.63, 3.8) is 0 Å². The van der Waals surface area contributed by atoms with Crippen molar-refractivity contribution in [3.05, 3.63) is 58.8 Å². The number of hydrogen-bond donors (Lipinski definition) is 2. The zero-order chi connectivity index (χ0) is 17.0. The minimum atomic E-state index is -0.252. The van der Waals surface area contributed by atoms with E-state index in [-0.39, 0.29) is 17.9 Å². The minimum Gasteiger partial charge on any atom is -0.350 e. The van der Waals surface area contributed by atoms with Crippen molar-refractivity contribution in [2.24, 2.45) is 0 Å². The second-order valence-electron chi connectivity index (χ2n) is 5.83. The number of aromatic nitrogens is 1. The molecule has 0 aliphatic heterocycles. The number of aryl methyl sites for hydroxylation is 2.